The molecule has 0 saturated carbocycles. The lowest BCUT2D eigenvalue weighted by atomic mass is 10.4. The van der Waals surface area contributed by atoms with E-state index in [9.17, 15) is 9.36 Å². The van der Waals surface area contributed by atoms with Gasteiger partial charge in [-0.1, -0.05) is 44.2 Å². The van der Waals surface area contributed by atoms with Crippen LogP contribution < -0.4 is 5.30 Å². The molecule has 3 nitrogen and oxygen atoms in total. The van der Waals surface area contributed by atoms with Crippen LogP contribution in [0.5, 0.6) is 0 Å². The van der Waals surface area contributed by atoms with Crippen LogP contribution in [0, 0.1) is 0 Å². The van der Waals surface area contributed by atoms with Gasteiger partial charge >= 0.3 is 5.97 Å². The van der Waals surface area contributed by atoms with E-state index in [0.717, 1.165) is 5.30 Å². The van der Waals surface area contributed by atoms with E-state index in [4.69, 9.17) is 4.74 Å². The maximum Gasteiger partial charge on any atom is 0.303 e. The molecule has 1 atom stereocenters. The van der Waals surface area contributed by atoms with Gasteiger partial charge in [-0.15, -0.1) is 0 Å². The zero-order chi connectivity index (χ0) is 14.0. The van der Waals surface area contributed by atoms with Gasteiger partial charge in [-0.3, -0.25) is 4.79 Å². The monoisotopic (exact) mass is 268 g/mol. The van der Waals surface area contributed by atoms with Crippen LogP contribution in [0.2, 0.25) is 0 Å². The molecule has 0 fully saturated rings. The zero-order valence-electron chi connectivity index (χ0n) is 11.6. The number of carbonyl (C=O) groups excluding carboxylic acids is 1. The van der Waals surface area contributed by atoms with E-state index < -0.39 is 18.5 Å². The van der Waals surface area contributed by atoms with Crippen molar-refractivity contribution in [3.05, 3.63) is 30.3 Å². The summed E-state index contributed by atoms with van der Waals surface area (Å²) in [6, 6.07) is 9.27. The topological polar surface area (TPSA) is 43.4 Å². The number of hydrogen-bond donors (Lipinski definition) is 0. The highest BCUT2D eigenvalue weighted by atomic mass is 31.2. The molecule has 1 aromatic rings. The number of hydrogen-bond acceptors (Lipinski definition) is 3. The molecule has 0 aliphatic carbocycles. The minimum Gasteiger partial charge on any atom is -0.452 e. The fourth-order valence-electron chi connectivity index (χ4n) is 2.30. The van der Waals surface area contributed by atoms with Crippen molar-refractivity contribution >= 4 is 18.4 Å². The van der Waals surface area contributed by atoms with Crippen molar-refractivity contribution in [2.45, 2.75) is 45.6 Å². The number of carbonyl (C=O) groups is 1. The second-order valence-electron chi connectivity index (χ2n) is 5.13. The largest absolute Gasteiger partial charge is 0.452 e. The molecule has 0 aromatic heterocycles. The number of ether oxygens (including phenoxy) is 1. The van der Waals surface area contributed by atoms with E-state index >= 15 is 0 Å². The van der Waals surface area contributed by atoms with Gasteiger partial charge in [0.1, 0.15) is 0 Å². The van der Waals surface area contributed by atoms with Crippen LogP contribution in [0.15, 0.2) is 30.3 Å². The standard InChI is InChI=1S/C14H21O3P/c1-11(2)18(16,13-9-7-6-8-10-13)14(4,5)17-12(3)15/h6-11H,1-5H3. The van der Waals surface area contributed by atoms with E-state index in [1.165, 1.54) is 6.92 Å². The Bertz CT molecular complexity index is 463. The average molecular weight is 268 g/mol. The van der Waals surface area contributed by atoms with Crippen molar-refractivity contribution in [2.24, 2.45) is 0 Å². The first-order chi connectivity index (χ1) is 8.22. The molecule has 0 radical (unpaired) electrons. The minimum atomic E-state index is -2.84. The average Bonchev–Trinajstić information content (AvgIpc) is 2.26. The zero-order valence-corrected chi connectivity index (χ0v) is 12.5. The Morgan fingerprint density at radius 1 is 1.22 bits per heavy atom. The molecule has 0 aliphatic rings. The van der Waals surface area contributed by atoms with E-state index in [2.05, 4.69) is 0 Å². The van der Waals surface area contributed by atoms with E-state index in [-0.39, 0.29) is 5.66 Å². The summed E-state index contributed by atoms with van der Waals surface area (Å²) in [7, 11) is -2.84. The van der Waals surface area contributed by atoms with Gasteiger partial charge < -0.3 is 9.30 Å². The Morgan fingerprint density at radius 3 is 2.11 bits per heavy atom. The van der Waals surface area contributed by atoms with Gasteiger partial charge in [-0.05, 0) is 13.8 Å². The summed E-state index contributed by atoms with van der Waals surface area (Å²) in [5.74, 6) is -0.406. The number of esters is 1. The molecule has 0 saturated heterocycles. The molecule has 0 aliphatic heterocycles. The van der Waals surface area contributed by atoms with E-state index in [1.807, 2.05) is 44.2 Å². The van der Waals surface area contributed by atoms with Crippen LogP contribution in [-0.4, -0.2) is 17.0 Å². The van der Waals surface area contributed by atoms with Gasteiger partial charge in [0.2, 0.25) is 0 Å². The van der Waals surface area contributed by atoms with Crippen LogP contribution in [-0.2, 0) is 14.1 Å². The van der Waals surface area contributed by atoms with Crippen LogP contribution in [0.1, 0.15) is 34.6 Å². The van der Waals surface area contributed by atoms with Crippen molar-refractivity contribution < 1.29 is 14.1 Å². The predicted molar refractivity (Wildman–Crippen MR) is 74.7 cm³/mol. The van der Waals surface area contributed by atoms with Crippen LogP contribution >= 0.6 is 7.14 Å². The van der Waals surface area contributed by atoms with Gasteiger partial charge in [-0.25, -0.2) is 0 Å². The van der Waals surface area contributed by atoms with Crippen LogP contribution in [0.4, 0.5) is 0 Å². The lowest BCUT2D eigenvalue weighted by molar-refractivity contribution is -0.147. The third kappa shape index (κ3) is 2.67. The SMILES string of the molecule is CC(=O)OC(C)(C)P(=O)(c1ccccc1)C(C)C. The van der Waals surface area contributed by atoms with E-state index in [0.29, 0.717) is 0 Å². The molecular formula is C14H21O3P. The van der Waals surface area contributed by atoms with Gasteiger partial charge in [0, 0.05) is 17.9 Å². The third-order valence-corrected chi connectivity index (χ3v) is 7.27. The summed E-state index contributed by atoms with van der Waals surface area (Å²) in [4.78, 5) is 11.2. The first-order valence-corrected chi connectivity index (χ1v) is 7.84. The Labute approximate surface area is 109 Å². The Kier molecular flexibility index (Phi) is 4.39. The van der Waals surface area contributed by atoms with Crippen LogP contribution in [0.25, 0.3) is 0 Å². The molecule has 0 bridgehead atoms. The fourth-order valence-corrected chi connectivity index (χ4v) is 5.64. The molecular weight excluding hydrogens is 247 g/mol. The van der Waals surface area contributed by atoms with Crippen LogP contribution in [0.3, 0.4) is 0 Å². The number of benzene rings is 1. The number of rotatable bonds is 4. The van der Waals surface area contributed by atoms with Crippen molar-refractivity contribution in [1.82, 2.24) is 0 Å². The van der Waals surface area contributed by atoms with E-state index in [1.54, 1.807) is 13.8 Å². The first kappa shape index (κ1) is 15.0. The Balaban J connectivity index is 3.33. The summed E-state index contributed by atoms with van der Waals surface area (Å²) < 4.78 is 18.7. The molecule has 0 heterocycles. The third-order valence-electron chi connectivity index (χ3n) is 3.06. The summed E-state index contributed by atoms with van der Waals surface area (Å²) in [5.41, 5.74) is -0.0887. The van der Waals surface area contributed by atoms with Gasteiger partial charge in [0.05, 0.1) is 0 Å². The Hall–Kier alpha value is -1.08. The molecule has 1 aromatic carbocycles. The van der Waals surface area contributed by atoms with Crippen molar-refractivity contribution in [3.8, 4) is 0 Å². The summed E-state index contributed by atoms with van der Waals surface area (Å²) in [6.45, 7) is 8.60. The van der Waals surface area contributed by atoms with Gasteiger partial charge in [0.25, 0.3) is 0 Å². The van der Waals surface area contributed by atoms with Crippen molar-refractivity contribution in [2.75, 3.05) is 0 Å². The summed E-state index contributed by atoms with van der Waals surface area (Å²) >= 11 is 0. The van der Waals surface area contributed by atoms with Crippen molar-refractivity contribution in [3.63, 3.8) is 0 Å². The summed E-state index contributed by atoms with van der Waals surface area (Å²) in [6.07, 6.45) is 0. The van der Waals surface area contributed by atoms with Crippen molar-refractivity contribution in [1.29, 1.82) is 0 Å². The van der Waals surface area contributed by atoms with Gasteiger partial charge in [0.15, 0.2) is 12.5 Å². The molecule has 100 valence electrons. The highest BCUT2D eigenvalue weighted by Crippen LogP contribution is 2.60. The second-order valence-corrected chi connectivity index (χ2v) is 9.07. The lowest BCUT2D eigenvalue weighted by Crippen LogP contribution is -2.35. The van der Waals surface area contributed by atoms with Gasteiger partial charge in [-0.2, -0.15) is 0 Å². The molecule has 0 N–H and O–H groups in total. The minimum absolute atomic E-state index is 0.0887. The highest BCUT2D eigenvalue weighted by molar-refractivity contribution is 7.73. The quantitative estimate of drug-likeness (QED) is 0.621. The maximum atomic E-state index is 13.4. The predicted octanol–water partition coefficient (Wildman–Crippen LogP) is 3.38. The molecule has 18 heavy (non-hydrogen) atoms. The maximum absolute atomic E-state index is 13.4. The molecule has 0 amide bonds. The molecule has 1 rings (SSSR count). The first-order valence-electron chi connectivity index (χ1n) is 6.07. The lowest BCUT2D eigenvalue weighted by Gasteiger charge is -2.36. The molecule has 1 unspecified atom stereocenters. The highest BCUT2D eigenvalue weighted by Gasteiger charge is 2.46. The summed E-state index contributed by atoms with van der Waals surface area (Å²) in [5, 5.41) is -0.236. The molecule has 4 heteroatoms. The second kappa shape index (κ2) is 5.27. The Morgan fingerprint density at radius 2 is 1.72 bits per heavy atom. The normalized spacial score (nSPS) is 15.2. The fraction of sp³-hybridized carbons (Fsp3) is 0.500. The smallest absolute Gasteiger partial charge is 0.303 e. The molecule has 0 spiro atoms.